The minimum atomic E-state index is -0.496. The van der Waals surface area contributed by atoms with Crippen molar-refractivity contribution < 1.29 is 9.13 Å². The molecule has 0 spiro atoms. The molecule has 0 aliphatic heterocycles. The van der Waals surface area contributed by atoms with Gasteiger partial charge in [-0.05, 0) is 31.0 Å². The molecule has 0 aromatic heterocycles. The van der Waals surface area contributed by atoms with Crippen molar-refractivity contribution in [3.8, 4) is 5.75 Å². The summed E-state index contributed by atoms with van der Waals surface area (Å²) in [5.41, 5.74) is 7.57. The monoisotopic (exact) mass is 273 g/mol. The Labute approximate surface area is 119 Å². The van der Waals surface area contributed by atoms with Gasteiger partial charge < -0.3 is 10.5 Å². The summed E-state index contributed by atoms with van der Waals surface area (Å²) in [4.78, 5) is 0. The lowest BCUT2D eigenvalue weighted by Gasteiger charge is -2.24. The van der Waals surface area contributed by atoms with Crippen LogP contribution < -0.4 is 10.5 Å². The number of hydrogen-bond donors (Lipinski definition) is 1. The van der Waals surface area contributed by atoms with E-state index in [4.69, 9.17) is 10.5 Å². The van der Waals surface area contributed by atoms with Gasteiger partial charge in [0.2, 0.25) is 0 Å². The molecule has 2 nitrogen and oxygen atoms in total. The lowest BCUT2D eigenvalue weighted by molar-refractivity contribution is 0.174. The Balaban J connectivity index is 2.34. The number of aryl methyl sites for hydroxylation is 1. The molecule has 2 N–H and O–H groups in total. The first-order valence-corrected chi connectivity index (χ1v) is 6.88. The molecule has 0 saturated carbocycles. The van der Waals surface area contributed by atoms with Crippen LogP contribution in [0.2, 0.25) is 0 Å². The molecule has 0 amide bonds. The van der Waals surface area contributed by atoms with E-state index in [1.807, 2.05) is 31.2 Å². The molecule has 0 heterocycles. The first-order valence-electron chi connectivity index (χ1n) is 6.88. The average molecular weight is 273 g/mol. The maximum atomic E-state index is 13.9. The summed E-state index contributed by atoms with van der Waals surface area (Å²) >= 11 is 0. The van der Waals surface area contributed by atoms with Crippen LogP contribution in [-0.4, -0.2) is 6.04 Å². The third kappa shape index (κ3) is 3.17. The summed E-state index contributed by atoms with van der Waals surface area (Å²) in [5, 5.41) is 0. The van der Waals surface area contributed by atoms with Gasteiger partial charge in [-0.3, -0.25) is 0 Å². The van der Waals surface area contributed by atoms with Crippen LogP contribution in [0.15, 0.2) is 48.5 Å². The van der Waals surface area contributed by atoms with Crippen molar-refractivity contribution in [2.45, 2.75) is 32.4 Å². The molecule has 3 heteroatoms. The van der Waals surface area contributed by atoms with Gasteiger partial charge >= 0.3 is 0 Å². The Morgan fingerprint density at radius 1 is 1.10 bits per heavy atom. The second kappa shape index (κ2) is 6.53. The summed E-state index contributed by atoms with van der Waals surface area (Å²) in [6.45, 7) is 3.89. The highest BCUT2D eigenvalue weighted by atomic mass is 19.1. The zero-order valence-electron chi connectivity index (χ0n) is 11.8. The van der Waals surface area contributed by atoms with Gasteiger partial charge in [0.25, 0.3) is 0 Å². The summed E-state index contributed by atoms with van der Waals surface area (Å²) in [7, 11) is 0. The maximum absolute atomic E-state index is 13.9. The molecule has 0 fully saturated rings. The Kier molecular flexibility index (Phi) is 4.74. The van der Waals surface area contributed by atoms with Crippen LogP contribution >= 0.6 is 0 Å². The summed E-state index contributed by atoms with van der Waals surface area (Å²) in [6.07, 6.45) is 0.364. The van der Waals surface area contributed by atoms with E-state index in [9.17, 15) is 4.39 Å². The van der Waals surface area contributed by atoms with Crippen LogP contribution in [0.4, 0.5) is 4.39 Å². The van der Waals surface area contributed by atoms with Crippen LogP contribution in [-0.2, 0) is 6.42 Å². The number of nitrogens with two attached hydrogens (primary N) is 1. The van der Waals surface area contributed by atoms with Crippen molar-refractivity contribution in [1.82, 2.24) is 0 Å². The van der Waals surface area contributed by atoms with Gasteiger partial charge in [-0.2, -0.15) is 0 Å². The first kappa shape index (κ1) is 14.5. The second-order valence-electron chi connectivity index (χ2n) is 4.88. The molecule has 0 aliphatic rings. The summed E-state index contributed by atoms with van der Waals surface area (Å²) in [5.74, 6) is 0.476. The average Bonchev–Trinajstić information content (AvgIpc) is 2.46. The first-order chi connectivity index (χ1) is 9.63. The number of para-hydroxylation sites is 1. The number of benzene rings is 2. The number of rotatable bonds is 5. The molecule has 106 valence electrons. The molecular formula is C17H20FNO. The predicted octanol–water partition coefficient (Wildman–Crippen LogP) is 3.86. The topological polar surface area (TPSA) is 35.2 Å². The Morgan fingerprint density at radius 2 is 1.75 bits per heavy atom. The number of ether oxygens (including phenoxy) is 1. The fourth-order valence-electron chi connectivity index (χ4n) is 2.21. The zero-order valence-corrected chi connectivity index (χ0v) is 11.8. The Hall–Kier alpha value is -1.87. The molecule has 0 radical (unpaired) electrons. The highest BCUT2D eigenvalue weighted by Gasteiger charge is 2.22. The van der Waals surface area contributed by atoms with Crippen LogP contribution in [0.5, 0.6) is 5.75 Å². The van der Waals surface area contributed by atoms with Crippen LogP contribution in [0.3, 0.4) is 0 Å². The fourth-order valence-corrected chi connectivity index (χ4v) is 2.21. The molecular weight excluding hydrogens is 253 g/mol. The molecule has 2 rings (SSSR count). The second-order valence-corrected chi connectivity index (χ2v) is 4.88. The van der Waals surface area contributed by atoms with Crippen molar-refractivity contribution in [3.05, 3.63) is 65.5 Å². The van der Waals surface area contributed by atoms with Gasteiger partial charge in [-0.25, -0.2) is 4.39 Å². The molecule has 0 aliphatic carbocycles. The van der Waals surface area contributed by atoms with Crippen molar-refractivity contribution in [2.24, 2.45) is 5.73 Å². The van der Waals surface area contributed by atoms with Crippen molar-refractivity contribution >= 4 is 0 Å². The van der Waals surface area contributed by atoms with E-state index in [1.165, 1.54) is 6.07 Å². The van der Waals surface area contributed by atoms with E-state index < -0.39 is 6.10 Å². The number of hydrogen-bond acceptors (Lipinski definition) is 2. The zero-order chi connectivity index (χ0) is 14.5. The van der Waals surface area contributed by atoms with E-state index in [0.29, 0.717) is 5.56 Å². The molecule has 2 aromatic rings. The molecule has 0 saturated heterocycles. The smallest absolute Gasteiger partial charge is 0.141 e. The molecule has 2 atom stereocenters. The Morgan fingerprint density at radius 3 is 2.40 bits per heavy atom. The third-order valence-electron chi connectivity index (χ3n) is 3.30. The van der Waals surface area contributed by atoms with Crippen LogP contribution in [0.1, 0.15) is 31.1 Å². The van der Waals surface area contributed by atoms with E-state index in [-0.39, 0.29) is 11.9 Å². The fraction of sp³-hybridized carbons (Fsp3) is 0.294. The van der Waals surface area contributed by atoms with Gasteiger partial charge in [0.15, 0.2) is 0 Å². The molecule has 2 unspecified atom stereocenters. The van der Waals surface area contributed by atoms with Gasteiger partial charge in [0.1, 0.15) is 17.7 Å². The molecule has 2 aromatic carbocycles. The van der Waals surface area contributed by atoms with Crippen molar-refractivity contribution in [3.63, 3.8) is 0 Å². The van der Waals surface area contributed by atoms with Gasteiger partial charge in [0.05, 0.1) is 0 Å². The predicted molar refractivity (Wildman–Crippen MR) is 79.2 cm³/mol. The van der Waals surface area contributed by atoms with E-state index in [0.717, 1.165) is 17.7 Å². The largest absolute Gasteiger partial charge is 0.484 e. The normalized spacial score (nSPS) is 13.8. The van der Waals surface area contributed by atoms with Gasteiger partial charge in [-0.1, -0.05) is 43.3 Å². The highest BCUT2D eigenvalue weighted by molar-refractivity contribution is 5.34. The van der Waals surface area contributed by atoms with E-state index in [2.05, 4.69) is 6.92 Å². The summed E-state index contributed by atoms with van der Waals surface area (Å²) < 4.78 is 19.9. The lowest BCUT2D eigenvalue weighted by Crippen LogP contribution is -2.30. The maximum Gasteiger partial charge on any atom is 0.141 e. The SMILES string of the molecule is CCc1ccccc1OC(c1ccccc1F)C(C)N. The molecule has 20 heavy (non-hydrogen) atoms. The Bertz CT molecular complexity index is 568. The van der Waals surface area contributed by atoms with Crippen LogP contribution in [0, 0.1) is 5.82 Å². The van der Waals surface area contributed by atoms with Crippen molar-refractivity contribution in [1.29, 1.82) is 0 Å². The lowest BCUT2D eigenvalue weighted by atomic mass is 10.0. The van der Waals surface area contributed by atoms with Gasteiger partial charge in [0, 0.05) is 11.6 Å². The summed E-state index contributed by atoms with van der Waals surface area (Å²) in [6, 6.07) is 14.1. The molecule has 0 bridgehead atoms. The minimum absolute atomic E-state index is 0.288. The van der Waals surface area contributed by atoms with Gasteiger partial charge in [-0.15, -0.1) is 0 Å². The minimum Gasteiger partial charge on any atom is -0.484 e. The van der Waals surface area contributed by atoms with E-state index >= 15 is 0 Å². The van der Waals surface area contributed by atoms with Crippen molar-refractivity contribution in [2.75, 3.05) is 0 Å². The van der Waals surface area contributed by atoms with Crippen LogP contribution in [0.25, 0.3) is 0 Å². The highest BCUT2D eigenvalue weighted by Crippen LogP contribution is 2.28. The number of halogens is 1. The quantitative estimate of drug-likeness (QED) is 0.898. The third-order valence-corrected chi connectivity index (χ3v) is 3.30. The van der Waals surface area contributed by atoms with E-state index in [1.54, 1.807) is 18.2 Å². The standard InChI is InChI=1S/C17H20FNO/c1-3-13-8-4-7-11-16(13)20-17(12(2)19)14-9-5-6-10-15(14)18/h4-12,17H,3,19H2,1-2H3.